The number of nitrogens with one attached hydrogen (secondary N) is 1. The van der Waals surface area contributed by atoms with Crippen LogP contribution >= 0.6 is 0 Å². The predicted octanol–water partition coefficient (Wildman–Crippen LogP) is 0.928. The number of nitrogens with zero attached hydrogens (tertiary/aromatic N) is 3. The molecule has 0 bridgehead atoms. The van der Waals surface area contributed by atoms with Crippen LogP contribution in [0.15, 0.2) is 18.5 Å². The Balaban J connectivity index is 2.30. The van der Waals surface area contributed by atoms with E-state index in [4.69, 9.17) is 5.73 Å². The summed E-state index contributed by atoms with van der Waals surface area (Å²) in [5.74, 6) is -2.55. The maximum Gasteiger partial charge on any atom is 0.261 e. The molecule has 18 heavy (non-hydrogen) atoms. The van der Waals surface area contributed by atoms with Gasteiger partial charge in [0.15, 0.2) is 0 Å². The number of aromatic nitrogens is 3. The number of benzene rings is 1. The second-order valence-corrected chi connectivity index (χ2v) is 3.51. The monoisotopic (exact) mass is 253 g/mol. The van der Waals surface area contributed by atoms with Gasteiger partial charge in [-0.3, -0.25) is 10.1 Å². The number of anilines is 2. The molecule has 8 heteroatoms. The Morgan fingerprint density at radius 1 is 1.39 bits per heavy atom. The molecule has 0 fully saturated rings. The third-order valence-electron chi connectivity index (χ3n) is 2.27. The zero-order valence-corrected chi connectivity index (χ0v) is 9.32. The highest BCUT2D eigenvalue weighted by molar-refractivity contribution is 6.04. The van der Waals surface area contributed by atoms with Gasteiger partial charge in [0.25, 0.3) is 5.91 Å². The van der Waals surface area contributed by atoms with Gasteiger partial charge in [-0.25, -0.2) is 13.5 Å². The molecule has 6 nitrogen and oxygen atoms in total. The van der Waals surface area contributed by atoms with Crippen LogP contribution in [0.5, 0.6) is 0 Å². The van der Waals surface area contributed by atoms with Crippen molar-refractivity contribution in [3.8, 4) is 0 Å². The van der Waals surface area contributed by atoms with Crippen LogP contribution in [0.2, 0.25) is 0 Å². The van der Waals surface area contributed by atoms with Crippen molar-refractivity contribution in [3.05, 3.63) is 35.7 Å². The van der Waals surface area contributed by atoms with E-state index >= 15 is 0 Å². The normalized spacial score (nSPS) is 10.4. The lowest BCUT2D eigenvalue weighted by molar-refractivity contribution is 0.102. The molecule has 0 aliphatic heterocycles. The zero-order chi connectivity index (χ0) is 13.3. The van der Waals surface area contributed by atoms with Crippen LogP contribution in [0.3, 0.4) is 0 Å². The standard InChI is InChI=1S/C10H9F2N5O/c1-17-10(14-4-15-17)16-9(18)5-2-8(13)7(12)3-6(5)11/h2-4H,13H2,1H3,(H,14,15,16,18). The van der Waals surface area contributed by atoms with E-state index < -0.39 is 17.5 Å². The molecule has 0 saturated heterocycles. The molecule has 0 radical (unpaired) electrons. The Morgan fingerprint density at radius 2 is 2.11 bits per heavy atom. The van der Waals surface area contributed by atoms with Crippen molar-refractivity contribution in [1.29, 1.82) is 0 Å². The van der Waals surface area contributed by atoms with Gasteiger partial charge < -0.3 is 5.73 Å². The quantitative estimate of drug-likeness (QED) is 0.779. The molecule has 0 saturated carbocycles. The number of hydrogen-bond acceptors (Lipinski definition) is 4. The Bertz CT molecular complexity index is 610. The minimum absolute atomic E-state index is 0.141. The van der Waals surface area contributed by atoms with E-state index in [9.17, 15) is 13.6 Å². The van der Waals surface area contributed by atoms with Crippen LogP contribution in [-0.4, -0.2) is 20.7 Å². The number of rotatable bonds is 2. The van der Waals surface area contributed by atoms with Crippen LogP contribution in [-0.2, 0) is 7.05 Å². The number of nitrogens with two attached hydrogens (primary N) is 1. The van der Waals surface area contributed by atoms with Crippen molar-refractivity contribution in [2.75, 3.05) is 11.1 Å². The van der Waals surface area contributed by atoms with Gasteiger partial charge in [0, 0.05) is 13.1 Å². The van der Waals surface area contributed by atoms with Crippen LogP contribution in [0.4, 0.5) is 20.4 Å². The van der Waals surface area contributed by atoms with Crippen LogP contribution < -0.4 is 11.1 Å². The van der Waals surface area contributed by atoms with E-state index in [0.29, 0.717) is 6.07 Å². The SMILES string of the molecule is Cn1ncnc1NC(=O)c1cc(N)c(F)cc1F. The number of amides is 1. The van der Waals surface area contributed by atoms with Gasteiger partial charge >= 0.3 is 0 Å². The van der Waals surface area contributed by atoms with E-state index in [0.717, 1.165) is 6.07 Å². The Labute approximate surface area is 100 Å². The molecular weight excluding hydrogens is 244 g/mol. The first-order valence-corrected chi connectivity index (χ1v) is 4.89. The number of hydrogen-bond donors (Lipinski definition) is 2. The summed E-state index contributed by atoms with van der Waals surface area (Å²) in [7, 11) is 1.55. The zero-order valence-electron chi connectivity index (χ0n) is 9.32. The molecule has 0 unspecified atom stereocenters. The van der Waals surface area contributed by atoms with Gasteiger partial charge in [-0.15, -0.1) is 0 Å². The average Bonchev–Trinajstić information content (AvgIpc) is 2.69. The number of carbonyl (C=O) groups excluding carboxylic acids is 1. The lowest BCUT2D eigenvalue weighted by atomic mass is 10.1. The van der Waals surface area contributed by atoms with Gasteiger partial charge in [-0.1, -0.05) is 0 Å². The third kappa shape index (κ3) is 2.12. The van der Waals surface area contributed by atoms with E-state index in [1.54, 1.807) is 7.05 Å². The topological polar surface area (TPSA) is 85.8 Å². The average molecular weight is 253 g/mol. The Kier molecular flexibility index (Phi) is 2.92. The summed E-state index contributed by atoms with van der Waals surface area (Å²) >= 11 is 0. The number of aryl methyl sites for hydroxylation is 1. The van der Waals surface area contributed by atoms with Gasteiger partial charge in [-0.2, -0.15) is 10.1 Å². The summed E-state index contributed by atoms with van der Waals surface area (Å²) < 4.78 is 27.6. The lowest BCUT2D eigenvalue weighted by Gasteiger charge is -2.06. The first-order valence-electron chi connectivity index (χ1n) is 4.89. The second-order valence-electron chi connectivity index (χ2n) is 3.51. The highest BCUT2D eigenvalue weighted by Gasteiger charge is 2.16. The minimum atomic E-state index is -0.999. The van der Waals surface area contributed by atoms with Crippen molar-refractivity contribution >= 4 is 17.5 Å². The van der Waals surface area contributed by atoms with Crippen LogP contribution in [0.1, 0.15) is 10.4 Å². The largest absolute Gasteiger partial charge is 0.396 e. The highest BCUT2D eigenvalue weighted by Crippen LogP contribution is 2.17. The molecular formula is C10H9F2N5O. The summed E-state index contributed by atoms with van der Waals surface area (Å²) in [5.41, 5.74) is 4.61. The van der Waals surface area contributed by atoms with E-state index in [1.807, 2.05) is 0 Å². The first kappa shape index (κ1) is 12.0. The molecule has 1 amide bonds. The first-order chi connectivity index (χ1) is 8.49. The third-order valence-corrected chi connectivity index (χ3v) is 2.27. The number of nitrogen functional groups attached to an aromatic ring is 1. The molecule has 2 rings (SSSR count). The molecule has 0 atom stereocenters. The van der Waals surface area contributed by atoms with Crippen LogP contribution in [0.25, 0.3) is 0 Å². The van der Waals surface area contributed by atoms with Crippen LogP contribution in [0, 0.1) is 11.6 Å². The molecule has 0 aliphatic rings. The van der Waals surface area contributed by atoms with E-state index in [1.165, 1.54) is 11.0 Å². The molecule has 2 aromatic rings. The summed E-state index contributed by atoms with van der Waals surface area (Å²) in [6.45, 7) is 0. The molecule has 0 aliphatic carbocycles. The fourth-order valence-corrected chi connectivity index (χ4v) is 1.32. The van der Waals surface area contributed by atoms with Gasteiger partial charge in [0.05, 0.1) is 11.3 Å². The van der Waals surface area contributed by atoms with Gasteiger partial charge in [-0.05, 0) is 6.07 Å². The molecule has 3 N–H and O–H groups in total. The van der Waals surface area contributed by atoms with Crippen molar-refractivity contribution in [3.63, 3.8) is 0 Å². The lowest BCUT2D eigenvalue weighted by Crippen LogP contribution is -2.17. The predicted molar refractivity (Wildman–Crippen MR) is 59.7 cm³/mol. The Morgan fingerprint density at radius 3 is 2.72 bits per heavy atom. The van der Waals surface area contributed by atoms with Gasteiger partial charge in [0.1, 0.15) is 18.0 Å². The van der Waals surface area contributed by atoms with E-state index in [2.05, 4.69) is 15.4 Å². The Hall–Kier alpha value is -2.51. The summed E-state index contributed by atoms with van der Waals surface area (Å²) in [6, 6.07) is 1.48. The minimum Gasteiger partial charge on any atom is -0.396 e. The summed E-state index contributed by atoms with van der Waals surface area (Å²) in [4.78, 5) is 15.5. The van der Waals surface area contributed by atoms with Gasteiger partial charge in [0.2, 0.25) is 5.95 Å². The molecule has 1 heterocycles. The fraction of sp³-hybridized carbons (Fsp3) is 0.100. The van der Waals surface area contributed by atoms with Crippen molar-refractivity contribution < 1.29 is 13.6 Å². The van der Waals surface area contributed by atoms with Crippen molar-refractivity contribution in [1.82, 2.24) is 14.8 Å². The molecule has 0 spiro atoms. The maximum atomic E-state index is 13.4. The summed E-state index contributed by atoms with van der Waals surface area (Å²) in [5, 5.41) is 6.06. The molecule has 1 aromatic heterocycles. The van der Waals surface area contributed by atoms with E-state index in [-0.39, 0.29) is 17.2 Å². The highest BCUT2D eigenvalue weighted by atomic mass is 19.1. The van der Waals surface area contributed by atoms with Crippen molar-refractivity contribution in [2.24, 2.45) is 7.05 Å². The fourth-order valence-electron chi connectivity index (χ4n) is 1.32. The maximum absolute atomic E-state index is 13.4. The smallest absolute Gasteiger partial charge is 0.261 e. The summed E-state index contributed by atoms with van der Waals surface area (Å²) in [6.07, 6.45) is 1.23. The number of halogens is 2. The molecule has 1 aromatic carbocycles. The molecule has 94 valence electrons. The number of carbonyl (C=O) groups is 1. The van der Waals surface area contributed by atoms with Crippen molar-refractivity contribution in [2.45, 2.75) is 0 Å². The second kappa shape index (κ2) is 4.40.